The molecule has 0 fully saturated rings. The predicted molar refractivity (Wildman–Crippen MR) is 58.2 cm³/mol. The summed E-state index contributed by atoms with van der Waals surface area (Å²) in [6, 6.07) is 0. The van der Waals surface area contributed by atoms with Gasteiger partial charge >= 0.3 is 19.5 Å². The van der Waals surface area contributed by atoms with Crippen LogP contribution in [0, 0.1) is 13.5 Å². The molecule has 0 radical (unpaired) electrons. The molecule has 0 saturated heterocycles. The minimum atomic E-state index is -0.861. The normalized spacial score (nSPS) is 9.50. The first-order valence-electron chi connectivity index (χ1n) is 4.56. The van der Waals surface area contributed by atoms with Crippen molar-refractivity contribution in [2.24, 2.45) is 0 Å². The molecule has 0 bridgehead atoms. The van der Waals surface area contributed by atoms with Crippen LogP contribution in [0.2, 0.25) is 19.6 Å². The summed E-state index contributed by atoms with van der Waals surface area (Å²) in [6.07, 6.45) is 5.07. The minimum absolute atomic E-state index is 0. The van der Waals surface area contributed by atoms with Crippen LogP contribution in [0.25, 0.3) is 0 Å². The Morgan fingerprint density at radius 1 is 1.08 bits per heavy atom. The molecule has 0 unspecified atom stereocenters. The predicted octanol–water partition coefficient (Wildman–Crippen LogP) is 4.10. The fourth-order valence-corrected chi connectivity index (χ4v) is 0.427. The third-order valence-electron chi connectivity index (χ3n) is 0.854. The topological polar surface area (TPSA) is 0 Å². The molecule has 0 nitrogen and oxygen atoms in total. The maximum Gasteiger partial charge on any atom is 2.00 e. The van der Waals surface area contributed by atoms with Crippen molar-refractivity contribution >= 4 is 8.07 Å². The van der Waals surface area contributed by atoms with E-state index in [1.807, 2.05) is 0 Å². The minimum Gasteiger partial charge on any atom is -0.343 e. The van der Waals surface area contributed by atoms with Crippen LogP contribution >= 0.6 is 0 Å². The van der Waals surface area contributed by atoms with E-state index in [1.165, 1.54) is 19.3 Å². The molecule has 0 N–H and O–H groups in total. The second-order valence-corrected chi connectivity index (χ2v) is 9.24. The molecule has 0 atom stereocenters. The Morgan fingerprint density at radius 2 is 1.42 bits per heavy atom. The van der Waals surface area contributed by atoms with Gasteiger partial charge in [0.05, 0.1) is 0 Å². The number of hydrogen-bond acceptors (Lipinski definition) is 0. The SMILES string of the molecule is [CH2-]CCCCC.[CH2-][Si](C)(C)C.[Zn+2]. The van der Waals surface area contributed by atoms with Gasteiger partial charge in [0.15, 0.2) is 0 Å². The third-order valence-corrected chi connectivity index (χ3v) is 0.854. The van der Waals surface area contributed by atoms with Crippen molar-refractivity contribution < 1.29 is 19.5 Å². The molecule has 2 heteroatoms. The fourth-order valence-electron chi connectivity index (χ4n) is 0.427. The smallest absolute Gasteiger partial charge is 0.343 e. The van der Waals surface area contributed by atoms with Gasteiger partial charge in [-0.15, -0.1) is 8.07 Å². The summed E-state index contributed by atoms with van der Waals surface area (Å²) < 4.78 is 0. The number of hydrogen-bond donors (Lipinski definition) is 0. The first kappa shape index (κ1) is 18.6. The van der Waals surface area contributed by atoms with Gasteiger partial charge in [0, 0.05) is 0 Å². The van der Waals surface area contributed by atoms with Crippen LogP contribution in [-0.2, 0) is 19.5 Å². The first-order chi connectivity index (χ1) is 4.91. The van der Waals surface area contributed by atoms with E-state index in [4.69, 9.17) is 0 Å². The number of unbranched alkanes of at least 4 members (excludes halogenated alkanes) is 3. The van der Waals surface area contributed by atoms with Crippen LogP contribution in [0.15, 0.2) is 0 Å². The number of rotatable bonds is 3. The van der Waals surface area contributed by atoms with Crippen molar-refractivity contribution in [2.45, 2.75) is 52.2 Å². The molecular weight excluding hydrogens is 214 g/mol. The maximum absolute atomic E-state index is 3.91. The van der Waals surface area contributed by atoms with E-state index >= 15 is 0 Å². The van der Waals surface area contributed by atoms with Crippen LogP contribution in [0.5, 0.6) is 0 Å². The molecule has 0 saturated carbocycles. The van der Waals surface area contributed by atoms with Gasteiger partial charge in [-0.1, -0.05) is 45.8 Å². The second-order valence-electron chi connectivity index (χ2n) is 4.12. The van der Waals surface area contributed by atoms with Crippen LogP contribution in [-0.4, -0.2) is 8.07 Å². The van der Waals surface area contributed by atoms with E-state index in [0.717, 1.165) is 6.42 Å². The molecule has 0 aliphatic heterocycles. The van der Waals surface area contributed by atoms with Crippen LogP contribution in [0.4, 0.5) is 0 Å². The molecule has 0 spiro atoms. The Kier molecular flexibility index (Phi) is 18.3. The molecule has 0 rings (SSSR count). The van der Waals surface area contributed by atoms with Gasteiger partial charge in [0.1, 0.15) is 0 Å². The van der Waals surface area contributed by atoms with E-state index in [2.05, 4.69) is 40.0 Å². The van der Waals surface area contributed by atoms with Gasteiger partial charge < -0.3 is 13.5 Å². The van der Waals surface area contributed by atoms with Crippen LogP contribution in [0.3, 0.4) is 0 Å². The summed E-state index contributed by atoms with van der Waals surface area (Å²) >= 11 is 0. The van der Waals surface area contributed by atoms with Gasteiger partial charge in [-0.3, -0.25) is 0 Å². The van der Waals surface area contributed by atoms with Gasteiger partial charge in [-0.25, -0.2) is 0 Å². The average Bonchev–Trinajstić information content (AvgIpc) is 1.79. The van der Waals surface area contributed by atoms with Crippen LogP contribution in [0.1, 0.15) is 32.6 Å². The summed E-state index contributed by atoms with van der Waals surface area (Å²) in [5.74, 6) is 0. The summed E-state index contributed by atoms with van der Waals surface area (Å²) in [4.78, 5) is 0. The zero-order chi connectivity index (χ0) is 9.33. The van der Waals surface area contributed by atoms with Crippen molar-refractivity contribution in [1.29, 1.82) is 0 Å². The summed E-state index contributed by atoms with van der Waals surface area (Å²) in [5, 5.41) is 0. The summed E-state index contributed by atoms with van der Waals surface area (Å²) in [5.41, 5.74) is 0. The largest absolute Gasteiger partial charge is 2.00 e. The summed E-state index contributed by atoms with van der Waals surface area (Å²) in [6.45, 7) is 16.5. The van der Waals surface area contributed by atoms with Crippen molar-refractivity contribution in [2.75, 3.05) is 0 Å². The van der Waals surface area contributed by atoms with Gasteiger partial charge in [-0.2, -0.15) is 6.42 Å². The van der Waals surface area contributed by atoms with Crippen LogP contribution < -0.4 is 0 Å². The van der Waals surface area contributed by atoms with E-state index in [9.17, 15) is 0 Å². The second kappa shape index (κ2) is 11.8. The summed E-state index contributed by atoms with van der Waals surface area (Å²) in [7, 11) is -0.861. The Bertz CT molecular complexity index is 56.7. The molecule has 0 aromatic rings. The molecule has 70 valence electrons. The fraction of sp³-hybridized carbons (Fsp3) is 0.800. The monoisotopic (exact) mass is 236 g/mol. The zero-order valence-corrected chi connectivity index (χ0v) is 13.4. The molecular formula is C10H24SiZn. The molecule has 0 amide bonds. The van der Waals surface area contributed by atoms with E-state index < -0.39 is 8.07 Å². The quantitative estimate of drug-likeness (QED) is 0.394. The molecule has 12 heavy (non-hydrogen) atoms. The Balaban J connectivity index is -0.000000126. The Hall–Kier alpha value is 0.840. The van der Waals surface area contributed by atoms with Crippen molar-refractivity contribution in [3.63, 3.8) is 0 Å². The van der Waals surface area contributed by atoms with E-state index in [1.54, 1.807) is 0 Å². The van der Waals surface area contributed by atoms with Gasteiger partial charge in [-0.05, 0) is 0 Å². The van der Waals surface area contributed by atoms with Crippen molar-refractivity contribution in [3.8, 4) is 0 Å². The van der Waals surface area contributed by atoms with Gasteiger partial charge in [0.2, 0.25) is 0 Å². The van der Waals surface area contributed by atoms with Crippen molar-refractivity contribution in [1.82, 2.24) is 0 Å². The third kappa shape index (κ3) is 71.2. The molecule has 0 aliphatic carbocycles. The van der Waals surface area contributed by atoms with Crippen molar-refractivity contribution in [3.05, 3.63) is 13.5 Å². The molecule has 0 aromatic carbocycles. The van der Waals surface area contributed by atoms with Gasteiger partial charge in [0.25, 0.3) is 0 Å². The van der Waals surface area contributed by atoms with E-state index in [-0.39, 0.29) is 19.5 Å². The standard InChI is InChI=1S/C6H13.C4H11Si.Zn/c1-3-5-6-4-2;1-5(2,3)4;/h1,3-6H2,2H3;1H2,2-4H3;/q2*-1;+2. The van der Waals surface area contributed by atoms with E-state index in [0.29, 0.717) is 0 Å². The first-order valence-corrected chi connectivity index (χ1v) is 8.27. The molecule has 0 heterocycles. The average molecular weight is 238 g/mol. The Labute approximate surface area is 93.3 Å². The zero-order valence-electron chi connectivity index (χ0n) is 9.45. The molecule has 0 aliphatic rings. The maximum atomic E-state index is 3.91. The molecule has 0 aromatic heterocycles. The Morgan fingerprint density at radius 3 is 1.50 bits per heavy atom.